The van der Waals surface area contributed by atoms with Gasteiger partial charge in [-0.25, -0.2) is 0 Å². The van der Waals surface area contributed by atoms with E-state index in [0.29, 0.717) is 68.1 Å². The molecule has 0 unspecified atom stereocenters. The predicted octanol–water partition coefficient (Wildman–Crippen LogP) is 2.75. The van der Waals surface area contributed by atoms with Crippen LogP contribution in [0.1, 0.15) is 31.8 Å². The number of carbonyl (C=O) groups excluding carboxylic acids is 3. The highest BCUT2D eigenvalue weighted by molar-refractivity contribution is 6.07. The maximum absolute atomic E-state index is 13.2. The highest BCUT2D eigenvalue weighted by atomic mass is 16.2. The van der Waals surface area contributed by atoms with Crippen LogP contribution in [0.4, 0.5) is 11.4 Å². The number of nitrogens with one attached hydrogen (secondary N) is 2. The van der Waals surface area contributed by atoms with Crippen molar-refractivity contribution in [1.29, 1.82) is 5.26 Å². The summed E-state index contributed by atoms with van der Waals surface area (Å²) >= 11 is 0. The highest BCUT2D eigenvalue weighted by Crippen LogP contribution is 2.30. The molecule has 2 aliphatic heterocycles. The van der Waals surface area contributed by atoms with Crippen molar-refractivity contribution in [3.63, 3.8) is 0 Å². The summed E-state index contributed by atoms with van der Waals surface area (Å²) in [7, 11) is 0. The Labute approximate surface area is 234 Å². The third kappa shape index (κ3) is 6.30. The molecule has 0 atom stereocenters. The molecule has 0 bridgehead atoms. The summed E-state index contributed by atoms with van der Waals surface area (Å²) in [5, 5.41) is 15.3. The molecule has 3 aromatic carbocycles. The lowest BCUT2D eigenvalue weighted by atomic mass is 10.1. The standard InChI is InChI=1S/C31H32N6O3/c32-22-24-6-8-25(9-7-24)30(39)34-27-21-26(31(40)37-14-12-33-13-15-37)10-11-28(27)35-16-18-36(19-17-35)29(38)20-23-4-2-1-3-5-23/h1-11,21,33H,12-20H2,(H,34,39). The van der Waals surface area contributed by atoms with Gasteiger partial charge in [0, 0.05) is 63.5 Å². The van der Waals surface area contributed by atoms with Crippen molar-refractivity contribution < 1.29 is 14.4 Å². The average molecular weight is 537 g/mol. The van der Waals surface area contributed by atoms with E-state index in [1.54, 1.807) is 30.3 Å². The highest BCUT2D eigenvalue weighted by Gasteiger charge is 2.25. The van der Waals surface area contributed by atoms with E-state index in [9.17, 15) is 14.4 Å². The molecule has 0 aromatic heterocycles. The normalized spacial score (nSPS) is 15.3. The molecule has 9 nitrogen and oxygen atoms in total. The van der Waals surface area contributed by atoms with Gasteiger partial charge in [-0.05, 0) is 48.0 Å². The average Bonchev–Trinajstić information content (AvgIpc) is 3.01. The number of nitrogens with zero attached hydrogens (tertiary/aromatic N) is 4. The Kier molecular flexibility index (Phi) is 8.38. The Morgan fingerprint density at radius 3 is 2.15 bits per heavy atom. The fourth-order valence-corrected chi connectivity index (χ4v) is 5.07. The summed E-state index contributed by atoms with van der Waals surface area (Å²) in [5.74, 6) is -0.301. The molecule has 2 aliphatic rings. The predicted molar refractivity (Wildman–Crippen MR) is 153 cm³/mol. The number of amides is 3. The van der Waals surface area contributed by atoms with Gasteiger partial charge in [0.15, 0.2) is 0 Å². The van der Waals surface area contributed by atoms with Gasteiger partial charge in [-0.1, -0.05) is 30.3 Å². The van der Waals surface area contributed by atoms with Crippen molar-refractivity contribution in [2.75, 3.05) is 62.6 Å². The Bertz CT molecular complexity index is 1400. The van der Waals surface area contributed by atoms with Gasteiger partial charge in [0.25, 0.3) is 11.8 Å². The molecule has 2 N–H and O–H groups in total. The van der Waals surface area contributed by atoms with Gasteiger partial charge in [0.1, 0.15) is 0 Å². The van der Waals surface area contributed by atoms with Crippen molar-refractivity contribution in [1.82, 2.24) is 15.1 Å². The second kappa shape index (κ2) is 12.5. The summed E-state index contributed by atoms with van der Waals surface area (Å²) in [5.41, 5.74) is 3.74. The number of hydrogen-bond acceptors (Lipinski definition) is 6. The van der Waals surface area contributed by atoms with E-state index in [1.807, 2.05) is 52.3 Å². The molecule has 40 heavy (non-hydrogen) atoms. The Balaban J connectivity index is 1.34. The maximum Gasteiger partial charge on any atom is 0.255 e. The summed E-state index contributed by atoms with van der Waals surface area (Å²) in [6, 6.07) is 23.6. The van der Waals surface area contributed by atoms with Gasteiger partial charge in [0.2, 0.25) is 5.91 Å². The van der Waals surface area contributed by atoms with Crippen LogP contribution >= 0.6 is 0 Å². The van der Waals surface area contributed by atoms with Crippen LogP contribution < -0.4 is 15.5 Å². The zero-order valence-corrected chi connectivity index (χ0v) is 22.3. The SMILES string of the molecule is N#Cc1ccc(C(=O)Nc2cc(C(=O)N3CCNCC3)ccc2N2CCN(C(=O)Cc3ccccc3)CC2)cc1. The third-order valence-corrected chi connectivity index (χ3v) is 7.34. The molecular weight excluding hydrogens is 504 g/mol. The van der Waals surface area contributed by atoms with E-state index in [-0.39, 0.29) is 17.7 Å². The minimum absolute atomic E-state index is 0.0711. The molecule has 9 heteroatoms. The fraction of sp³-hybridized carbons (Fsp3) is 0.290. The van der Waals surface area contributed by atoms with Crippen LogP contribution in [-0.4, -0.2) is 79.9 Å². The fourth-order valence-electron chi connectivity index (χ4n) is 5.07. The van der Waals surface area contributed by atoms with Crippen LogP contribution in [0, 0.1) is 11.3 Å². The summed E-state index contributed by atoms with van der Waals surface area (Å²) in [4.78, 5) is 45.1. The second-order valence-electron chi connectivity index (χ2n) is 9.95. The van der Waals surface area contributed by atoms with Gasteiger partial charge in [0.05, 0.1) is 29.4 Å². The minimum Gasteiger partial charge on any atom is -0.366 e. The van der Waals surface area contributed by atoms with E-state index < -0.39 is 0 Å². The minimum atomic E-state index is -0.325. The molecule has 2 heterocycles. The summed E-state index contributed by atoms with van der Waals surface area (Å²) in [6.45, 7) is 5.10. The number of carbonyl (C=O) groups is 3. The molecule has 3 amide bonds. The van der Waals surface area contributed by atoms with Crippen molar-refractivity contribution in [2.45, 2.75) is 6.42 Å². The monoisotopic (exact) mass is 536 g/mol. The van der Waals surface area contributed by atoms with Crippen molar-refractivity contribution >= 4 is 29.1 Å². The van der Waals surface area contributed by atoms with Crippen molar-refractivity contribution in [2.24, 2.45) is 0 Å². The lowest BCUT2D eigenvalue weighted by Crippen LogP contribution is -2.49. The van der Waals surface area contributed by atoms with Crippen LogP contribution in [0.5, 0.6) is 0 Å². The van der Waals surface area contributed by atoms with E-state index in [4.69, 9.17) is 5.26 Å². The first-order valence-corrected chi connectivity index (χ1v) is 13.5. The quantitative estimate of drug-likeness (QED) is 0.502. The molecule has 0 radical (unpaired) electrons. The molecule has 3 aromatic rings. The number of nitriles is 1. The molecule has 0 aliphatic carbocycles. The summed E-state index contributed by atoms with van der Waals surface area (Å²) in [6.07, 6.45) is 0.371. The molecule has 204 valence electrons. The van der Waals surface area contributed by atoms with Gasteiger partial charge in [-0.15, -0.1) is 0 Å². The van der Waals surface area contributed by atoms with Gasteiger partial charge in [-0.3, -0.25) is 14.4 Å². The first-order valence-electron chi connectivity index (χ1n) is 13.5. The third-order valence-electron chi connectivity index (χ3n) is 7.34. The zero-order chi connectivity index (χ0) is 27.9. The first-order chi connectivity index (χ1) is 19.5. The van der Waals surface area contributed by atoms with Gasteiger partial charge in [-0.2, -0.15) is 5.26 Å². The smallest absolute Gasteiger partial charge is 0.255 e. The van der Waals surface area contributed by atoms with E-state index in [2.05, 4.69) is 21.6 Å². The Hall–Kier alpha value is -4.68. The second-order valence-corrected chi connectivity index (χ2v) is 9.95. The maximum atomic E-state index is 13.2. The van der Waals surface area contributed by atoms with Crippen LogP contribution in [0.3, 0.4) is 0 Å². The van der Waals surface area contributed by atoms with Crippen molar-refractivity contribution in [3.05, 3.63) is 95.1 Å². The van der Waals surface area contributed by atoms with E-state index in [0.717, 1.165) is 24.3 Å². The van der Waals surface area contributed by atoms with Crippen LogP contribution in [-0.2, 0) is 11.2 Å². The topological polar surface area (TPSA) is 109 Å². The first kappa shape index (κ1) is 26.9. The molecule has 2 fully saturated rings. The molecule has 0 saturated carbocycles. The number of piperazine rings is 2. The van der Waals surface area contributed by atoms with Crippen LogP contribution in [0.25, 0.3) is 0 Å². The van der Waals surface area contributed by atoms with Gasteiger partial charge < -0.3 is 25.3 Å². The number of benzene rings is 3. The molecular formula is C31H32N6O3. The number of hydrogen-bond donors (Lipinski definition) is 2. The molecule has 0 spiro atoms. The van der Waals surface area contributed by atoms with Crippen LogP contribution in [0.2, 0.25) is 0 Å². The lowest BCUT2D eigenvalue weighted by molar-refractivity contribution is -0.130. The van der Waals surface area contributed by atoms with Crippen molar-refractivity contribution in [3.8, 4) is 6.07 Å². The Morgan fingerprint density at radius 2 is 1.48 bits per heavy atom. The largest absolute Gasteiger partial charge is 0.366 e. The van der Waals surface area contributed by atoms with Crippen LogP contribution in [0.15, 0.2) is 72.8 Å². The molecule has 5 rings (SSSR count). The van der Waals surface area contributed by atoms with E-state index in [1.165, 1.54) is 0 Å². The number of rotatable bonds is 6. The summed E-state index contributed by atoms with van der Waals surface area (Å²) < 4.78 is 0. The lowest BCUT2D eigenvalue weighted by Gasteiger charge is -2.37. The Morgan fingerprint density at radius 1 is 0.800 bits per heavy atom. The van der Waals surface area contributed by atoms with E-state index >= 15 is 0 Å². The molecule has 2 saturated heterocycles. The number of anilines is 2. The van der Waals surface area contributed by atoms with Gasteiger partial charge >= 0.3 is 0 Å². The zero-order valence-electron chi connectivity index (χ0n) is 22.3.